The number of likely N-dealkylation sites (tertiary alicyclic amines) is 1. The maximum Gasteiger partial charge on any atom is 0.254 e. The summed E-state index contributed by atoms with van der Waals surface area (Å²) in [5.41, 5.74) is 0.647. The second-order valence-corrected chi connectivity index (χ2v) is 7.05. The van der Waals surface area contributed by atoms with E-state index in [1.165, 1.54) is 0 Å². The van der Waals surface area contributed by atoms with Crippen LogP contribution in [0.15, 0.2) is 29.2 Å². The summed E-state index contributed by atoms with van der Waals surface area (Å²) in [6.07, 6.45) is 4.21. The van der Waals surface area contributed by atoms with Crippen LogP contribution in [0.4, 0.5) is 0 Å². The number of carbonyl (C=O) groups is 1. The van der Waals surface area contributed by atoms with Gasteiger partial charge in [-0.3, -0.25) is 4.79 Å². The molecule has 1 N–H and O–H groups in total. The van der Waals surface area contributed by atoms with E-state index in [9.17, 15) is 9.90 Å². The molecule has 22 heavy (non-hydrogen) atoms. The highest BCUT2D eigenvalue weighted by molar-refractivity contribution is 7.98. The van der Waals surface area contributed by atoms with Gasteiger partial charge in [-0.2, -0.15) is 0 Å². The smallest absolute Gasteiger partial charge is 0.254 e. The number of hydrogen-bond donors (Lipinski definition) is 1. The highest BCUT2D eigenvalue weighted by atomic mass is 32.2. The molecule has 2 fully saturated rings. The quantitative estimate of drug-likeness (QED) is 0.869. The number of ether oxygens (including phenoxy) is 1. The number of hydrogen-bond acceptors (Lipinski definition) is 4. The molecule has 3 rings (SSSR count). The highest BCUT2D eigenvalue weighted by Gasteiger charge is 2.56. The molecule has 0 aromatic heterocycles. The molecule has 4 nitrogen and oxygen atoms in total. The van der Waals surface area contributed by atoms with E-state index >= 15 is 0 Å². The average molecular weight is 321 g/mol. The van der Waals surface area contributed by atoms with E-state index in [4.69, 9.17) is 4.74 Å². The van der Waals surface area contributed by atoms with Crippen LogP contribution >= 0.6 is 11.8 Å². The molecular weight excluding hydrogens is 298 g/mol. The molecule has 1 aromatic rings. The Bertz CT molecular complexity index is 555. The third kappa shape index (κ3) is 2.45. The lowest BCUT2D eigenvalue weighted by Gasteiger charge is -2.56. The van der Waals surface area contributed by atoms with Gasteiger partial charge in [0.1, 0.15) is 0 Å². The maximum absolute atomic E-state index is 12.7. The van der Waals surface area contributed by atoms with E-state index in [0.717, 1.165) is 29.7 Å². The van der Waals surface area contributed by atoms with Crippen LogP contribution in [0, 0.1) is 5.41 Å². The van der Waals surface area contributed by atoms with Gasteiger partial charge in [0.05, 0.1) is 17.8 Å². The van der Waals surface area contributed by atoms with E-state index in [2.05, 4.69) is 0 Å². The molecule has 5 heteroatoms. The SMILES string of the molecule is CO[C@@H]1C[C@H](O)C12CCN(C(=O)c1ccccc1SC)CC2. The third-order valence-corrected chi connectivity index (χ3v) is 6.14. The molecular formula is C17H23NO3S. The van der Waals surface area contributed by atoms with Crippen LogP contribution in [-0.4, -0.2) is 54.6 Å². The fraction of sp³-hybridized carbons (Fsp3) is 0.588. The molecule has 120 valence electrons. The summed E-state index contributed by atoms with van der Waals surface area (Å²) in [4.78, 5) is 15.7. The van der Waals surface area contributed by atoms with Crippen molar-refractivity contribution in [2.24, 2.45) is 5.41 Å². The Labute approximate surface area is 135 Å². The first-order chi connectivity index (χ1) is 10.6. The zero-order valence-corrected chi connectivity index (χ0v) is 13.9. The predicted molar refractivity (Wildman–Crippen MR) is 87.2 cm³/mol. The summed E-state index contributed by atoms with van der Waals surface area (Å²) >= 11 is 1.60. The van der Waals surface area contributed by atoms with Gasteiger partial charge < -0.3 is 14.7 Å². The van der Waals surface area contributed by atoms with E-state index in [1.807, 2.05) is 35.4 Å². The van der Waals surface area contributed by atoms with Crippen molar-refractivity contribution in [3.8, 4) is 0 Å². The molecule has 2 atom stereocenters. The van der Waals surface area contributed by atoms with Crippen molar-refractivity contribution >= 4 is 17.7 Å². The summed E-state index contributed by atoms with van der Waals surface area (Å²) in [6.45, 7) is 1.39. The topological polar surface area (TPSA) is 49.8 Å². The van der Waals surface area contributed by atoms with Crippen LogP contribution in [0.1, 0.15) is 29.6 Å². The van der Waals surface area contributed by atoms with E-state index in [-0.39, 0.29) is 23.5 Å². The Kier molecular flexibility index (Phi) is 4.48. The van der Waals surface area contributed by atoms with Crippen molar-refractivity contribution in [1.82, 2.24) is 4.90 Å². The van der Waals surface area contributed by atoms with Gasteiger partial charge in [0.15, 0.2) is 0 Å². The minimum atomic E-state index is -0.284. The van der Waals surface area contributed by atoms with Gasteiger partial charge in [-0.25, -0.2) is 0 Å². The van der Waals surface area contributed by atoms with Gasteiger partial charge in [-0.1, -0.05) is 12.1 Å². The number of aliphatic hydroxyl groups is 1. The van der Waals surface area contributed by atoms with Crippen molar-refractivity contribution in [3.63, 3.8) is 0 Å². The summed E-state index contributed by atoms with van der Waals surface area (Å²) in [6, 6.07) is 7.76. The van der Waals surface area contributed by atoms with Crippen LogP contribution in [-0.2, 0) is 4.74 Å². The number of carbonyl (C=O) groups excluding carboxylic acids is 1. The first-order valence-corrected chi connectivity index (χ1v) is 8.98. The Hall–Kier alpha value is -1.04. The molecule has 1 saturated carbocycles. The van der Waals surface area contributed by atoms with Crippen LogP contribution in [0.25, 0.3) is 0 Å². The van der Waals surface area contributed by atoms with Crippen LogP contribution in [0.5, 0.6) is 0 Å². The van der Waals surface area contributed by atoms with Crippen molar-refractivity contribution in [1.29, 1.82) is 0 Å². The number of benzene rings is 1. The van der Waals surface area contributed by atoms with Gasteiger partial charge >= 0.3 is 0 Å². The summed E-state index contributed by atoms with van der Waals surface area (Å²) < 4.78 is 5.50. The van der Waals surface area contributed by atoms with Gasteiger partial charge in [-0.15, -0.1) is 11.8 Å². The number of methoxy groups -OCH3 is 1. The van der Waals surface area contributed by atoms with Crippen molar-refractivity contribution in [2.45, 2.75) is 36.4 Å². The lowest BCUT2D eigenvalue weighted by molar-refractivity contribution is -0.199. The Morgan fingerprint density at radius 1 is 1.36 bits per heavy atom. The molecule has 1 amide bonds. The highest BCUT2D eigenvalue weighted by Crippen LogP contribution is 2.50. The molecule has 1 aromatic carbocycles. The number of piperidine rings is 1. The fourth-order valence-corrected chi connectivity index (χ4v) is 4.42. The van der Waals surface area contributed by atoms with Crippen LogP contribution in [0.3, 0.4) is 0 Å². The Morgan fingerprint density at radius 2 is 2.05 bits per heavy atom. The van der Waals surface area contributed by atoms with Crippen LogP contribution in [0.2, 0.25) is 0 Å². The second-order valence-electron chi connectivity index (χ2n) is 6.20. The summed E-state index contributed by atoms with van der Waals surface area (Å²) in [7, 11) is 1.71. The van der Waals surface area contributed by atoms with Crippen LogP contribution < -0.4 is 0 Å². The lowest BCUT2D eigenvalue weighted by atomic mass is 9.58. The zero-order chi connectivity index (χ0) is 15.7. The van der Waals surface area contributed by atoms with E-state index in [1.54, 1.807) is 18.9 Å². The minimum absolute atomic E-state index is 0.0996. The zero-order valence-electron chi connectivity index (χ0n) is 13.1. The van der Waals surface area contributed by atoms with Gasteiger partial charge in [0, 0.05) is 36.9 Å². The molecule has 1 aliphatic carbocycles. The lowest BCUT2D eigenvalue weighted by Crippen LogP contribution is -2.62. The average Bonchev–Trinajstić information content (AvgIpc) is 2.58. The molecule has 0 unspecified atom stereocenters. The van der Waals surface area contributed by atoms with Crippen molar-refractivity contribution in [2.75, 3.05) is 26.5 Å². The summed E-state index contributed by atoms with van der Waals surface area (Å²) in [5.74, 6) is 0.0996. The van der Waals surface area contributed by atoms with Gasteiger partial charge in [0.25, 0.3) is 5.91 Å². The monoisotopic (exact) mass is 321 g/mol. The normalized spacial score (nSPS) is 26.8. The fourth-order valence-electron chi connectivity index (χ4n) is 3.83. The number of nitrogens with zero attached hydrogens (tertiary/aromatic N) is 1. The number of thioether (sulfide) groups is 1. The molecule has 1 saturated heterocycles. The molecule has 0 bridgehead atoms. The molecule has 1 spiro atoms. The van der Waals surface area contributed by atoms with E-state index in [0.29, 0.717) is 13.1 Å². The Balaban J connectivity index is 1.70. The molecule has 1 aliphatic heterocycles. The molecule has 1 heterocycles. The predicted octanol–water partition coefficient (Wildman–Crippen LogP) is 2.41. The van der Waals surface area contributed by atoms with E-state index < -0.39 is 0 Å². The largest absolute Gasteiger partial charge is 0.392 e. The first-order valence-electron chi connectivity index (χ1n) is 7.75. The van der Waals surface area contributed by atoms with Gasteiger partial charge in [-0.05, 0) is 31.2 Å². The molecule has 0 radical (unpaired) electrons. The number of rotatable bonds is 3. The second kappa shape index (κ2) is 6.22. The summed E-state index contributed by atoms with van der Waals surface area (Å²) in [5, 5.41) is 10.2. The number of amides is 1. The first kappa shape index (κ1) is 15.8. The Morgan fingerprint density at radius 3 is 2.64 bits per heavy atom. The standard InChI is InChI=1S/C17H23NO3S/c1-21-15-11-14(19)17(15)7-9-18(10-8-17)16(20)12-5-3-4-6-13(12)22-2/h3-6,14-15,19H,7-11H2,1-2H3/t14-,15+/m0/s1. The maximum atomic E-state index is 12.7. The van der Waals surface area contributed by atoms with Crippen molar-refractivity contribution in [3.05, 3.63) is 29.8 Å². The molecule has 2 aliphatic rings. The van der Waals surface area contributed by atoms with Gasteiger partial charge in [0.2, 0.25) is 0 Å². The minimum Gasteiger partial charge on any atom is -0.392 e. The third-order valence-electron chi connectivity index (χ3n) is 5.35. The van der Waals surface area contributed by atoms with Crippen molar-refractivity contribution < 1.29 is 14.6 Å². The number of aliphatic hydroxyl groups excluding tert-OH is 1.